The van der Waals surface area contributed by atoms with Gasteiger partial charge >= 0.3 is 62.3 Å². The topological polar surface area (TPSA) is 0 Å². The van der Waals surface area contributed by atoms with Crippen LogP contribution < -0.4 is 0 Å². The van der Waals surface area contributed by atoms with Crippen LogP contribution in [0.15, 0.2) is 11.8 Å². The quantitative estimate of drug-likeness (QED) is 0.489. The minimum absolute atomic E-state index is 0.859. The molecule has 0 unspecified atom stereocenters. The predicted molar refractivity (Wildman–Crippen MR) is 43.0 cm³/mol. The summed E-state index contributed by atoms with van der Waals surface area (Å²) in [4.78, 5) is 0. The molecular formula is C6H13LiSi. The Kier molecular flexibility index (Phi) is 3.80. The van der Waals surface area contributed by atoms with Gasteiger partial charge in [-0.3, -0.25) is 0 Å². The third kappa shape index (κ3) is 6.55. The molecule has 0 atom stereocenters. The van der Waals surface area contributed by atoms with Crippen LogP contribution in [0, 0.1) is 0 Å². The van der Waals surface area contributed by atoms with E-state index in [1.54, 1.807) is 0 Å². The third-order valence-electron chi connectivity index (χ3n) is 0.854. The van der Waals surface area contributed by atoms with Crippen molar-refractivity contribution < 1.29 is 0 Å². The SMILES string of the molecule is [Li][CH2]C=C[Si](C)(C)C. The van der Waals surface area contributed by atoms with Gasteiger partial charge in [-0.1, -0.05) is 0 Å². The van der Waals surface area contributed by atoms with Crippen LogP contribution in [-0.4, -0.2) is 25.8 Å². The van der Waals surface area contributed by atoms with Gasteiger partial charge in [-0.15, -0.1) is 0 Å². The molecule has 0 aromatic heterocycles. The van der Waals surface area contributed by atoms with Crippen LogP contribution >= 0.6 is 0 Å². The van der Waals surface area contributed by atoms with Crippen LogP contribution in [0.1, 0.15) is 0 Å². The molecule has 0 heterocycles. The van der Waals surface area contributed by atoms with Crippen molar-refractivity contribution >= 4 is 25.8 Å². The standard InChI is InChI=1S/C6H13Si.Li/c1-5-6-7(2,3)4;/h5-6H,1H2,2-4H3;. The van der Waals surface area contributed by atoms with E-state index in [4.69, 9.17) is 0 Å². The first-order valence-electron chi connectivity index (χ1n) is 3.24. The van der Waals surface area contributed by atoms with Crippen molar-refractivity contribution in [1.29, 1.82) is 0 Å². The van der Waals surface area contributed by atoms with Crippen molar-refractivity contribution in [2.45, 2.75) is 24.7 Å². The third-order valence-corrected chi connectivity index (χ3v) is 2.09. The molecule has 0 aromatic carbocycles. The Bertz CT molecular complexity index is 81.0. The average molecular weight is 120 g/mol. The molecule has 0 bridgehead atoms. The zero-order valence-corrected chi connectivity index (χ0v) is 7.36. The van der Waals surface area contributed by atoms with E-state index in [1.807, 2.05) is 0 Å². The normalized spacial score (nSPS) is 13.1. The molecule has 0 aliphatic heterocycles. The summed E-state index contributed by atoms with van der Waals surface area (Å²) in [5, 5.41) is 1.18. The summed E-state index contributed by atoms with van der Waals surface area (Å²) in [5.74, 6) is 0. The Labute approximate surface area is 62.6 Å². The number of hydrogen-bond acceptors (Lipinski definition) is 0. The molecule has 8 heavy (non-hydrogen) atoms. The van der Waals surface area contributed by atoms with Crippen LogP contribution in [0.3, 0.4) is 0 Å². The Balaban J connectivity index is 3.52. The molecular weight excluding hydrogens is 107 g/mol. The molecule has 42 valence electrons. The van der Waals surface area contributed by atoms with E-state index < -0.39 is 8.07 Å². The van der Waals surface area contributed by atoms with Crippen molar-refractivity contribution in [1.82, 2.24) is 0 Å². The second-order valence-electron chi connectivity index (χ2n) is 3.18. The fourth-order valence-electron chi connectivity index (χ4n) is 0.471. The molecule has 0 saturated carbocycles. The molecule has 0 rings (SSSR count). The molecule has 0 aromatic rings. The second kappa shape index (κ2) is 3.56. The van der Waals surface area contributed by atoms with Crippen LogP contribution in [0.25, 0.3) is 0 Å². The first-order chi connectivity index (χ1) is 3.56. The van der Waals surface area contributed by atoms with Gasteiger partial charge < -0.3 is 0 Å². The summed E-state index contributed by atoms with van der Waals surface area (Å²) in [6.45, 7) is 7.04. The van der Waals surface area contributed by atoms with E-state index in [-0.39, 0.29) is 0 Å². The Morgan fingerprint density at radius 2 is 1.88 bits per heavy atom. The van der Waals surface area contributed by atoms with E-state index in [9.17, 15) is 0 Å². The first kappa shape index (κ1) is 8.55. The molecule has 0 spiro atoms. The van der Waals surface area contributed by atoms with Gasteiger partial charge in [0.15, 0.2) is 0 Å². The van der Waals surface area contributed by atoms with Gasteiger partial charge in [0.2, 0.25) is 0 Å². The number of allylic oxidation sites excluding steroid dienone is 1. The van der Waals surface area contributed by atoms with Crippen LogP contribution in [0.2, 0.25) is 24.7 Å². The molecule has 0 amide bonds. The molecule has 2 heteroatoms. The van der Waals surface area contributed by atoms with Gasteiger partial charge in [0.25, 0.3) is 0 Å². The summed E-state index contributed by atoms with van der Waals surface area (Å²) in [7, 11) is -0.859. The van der Waals surface area contributed by atoms with Gasteiger partial charge in [0.05, 0.1) is 0 Å². The Hall–Kier alpha value is 0.554. The number of hydrogen-bond donors (Lipinski definition) is 0. The van der Waals surface area contributed by atoms with Gasteiger partial charge in [-0.25, -0.2) is 0 Å². The van der Waals surface area contributed by atoms with E-state index >= 15 is 0 Å². The molecule has 0 fully saturated rings. The van der Waals surface area contributed by atoms with E-state index in [1.165, 1.54) is 5.09 Å². The average Bonchev–Trinajstić information content (AvgIpc) is 1.59. The molecule has 0 saturated heterocycles. The minimum atomic E-state index is -0.859. The van der Waals surface area contributed by atoms with Crippen LogP contribution in [0.5, 0.6) is 0 Å². The van der Waals surface area contributed by atoms with Gasteiger partial charge in [-0.2, -0.15) is 0 Å². The maximum atomic E-state index is 2.38. The zero-order valence-electron chi connectivity index (χ0n) is 6.36. The van der Waals surface area contributed by atoms with Crippen molar-refractivity contribution in [3.8, 4) is 0 Å². The van der Waals surface area contributed by atoms with Crippen molar-refractivity contribution in [2.24, 2.45) is 0 Å². The summed E-state index contributed by atoms with van der Waals surface area (Å²) in [6, 6.07) is 0. The molecule has 0 nitrogen and oxygen atoms in total. The fraction of sp³-hybridized carbons (Fsp3) is 0.667. The molecule has 0 radical (unpaired) electrons. The summed E-state index contributed by atoms with van der Waals surface area (Å²) in [5.41, 5.74) is 2.38. The van der Waals surface area contributed by atoms with Crippen molar-refractivity contribution in [3.05, 3.63) is 11.8 Å². The molecule has 0 aliphatic carbocycles. The first-order valence-corrected chi connectivity index (χ1v) is 6.81. The van der Waals surface area contributed by atoms with E-state index in [0.29, 0.717) is 0 Å². The summed E-state index contributed by atoms with van der Waals surface area (Å²) < 4.78 is 0. The summed E-state index contributed by atoms with van der Waals surface area (Å²) >= 11 is 2.18. The van der Waals surface area contributed by atoms with Gasteiger partial charge in [0, 0.05) is 0 Å². The predicted octanol–water partition coefficient (Wildman–Crippen LogP) is 2.01. The molecule has 0 N–H and O–H groups in total. The van der Waals surface area contributed by atoms with Crippen LogP contribution in [0.4, 0.5) is 0 Å². The number of rotatable bonds is 2. The zero-order chi connectivity index (χ0) is 6.62. The maximum absolute atomic E-state index is 2.38. The second-order valence-corrected chi connectivity index (χ2v) is 8.24. The van der Waals surface area contributed by atoms with Crippen LogP contribution in [-0.2, 0) is 0 Å². The van der Waals surface area contributed by atoms with Gasteiger partial charge in [0.1, 0.15) is 0 Å². The Morgan fingerprint density at radius 3 is 2.00 bits per heavy atom. The van der Waals surface area contributed by atoms with Crippen molar-refractivity contribution in [3.63, 3.8) is 0 Å². The van der Waals surface area contributed by atoms with Crippen molar-refractivity contribution in [2.75, 3.05) is 0 Å². The summed E-state index contributed by atoms with van der Waals surface area (Å²) in [6.07, 6.45) is 2.27. The van der Waals surface area contributed by atoms with E-state index in [2.05, 4.69) is 49.1 Å². The Morgan fingerprint density at radius 1 is 1.38 bits per heavy atom. The van der Waals surface area contributed by atoms with E-state index in [0.717, 1.165) is 0 Å². The molecule has 0 aliphatic rings. The monoisotopic (exact) mass is 120 g/mol. The fourth-order valence-corrected chi connectivity index (χ4v) is 1.41. The van der Waals surface area contributed by atoms with Gasteiger partial charge in [-0.05, 0) is 0 Å².